The number of hydrogen-bond acceptors (Lipinski definition) is 5. The quantitative estimate of drug-likeness (QED) is 0.384. The number of aliphatic imine (C=N–C) groups is 1. The number of carbonyl (C=O) groups is 1. The fourth-order valence-electron chi connectivity index (χ4n) is 3.44. The van der Waals surface area contributed by atoms with Crippen molar-refractivity contribution in [2.75, 3.05) is 5.32 Å². The molecule has 1 aliphatic rings. The number of fused-ring (bicyclic) bond motifs is 1. The Morgan fingerprint density at radius 3 is 2.84 bits per heavy atom. The second kappa shape index (κ2) is 8.47. The van der Waals surface area contributed by atoms with E-state index in [9.17, 15) is 13.6 Å². The minimum atomic E-state index is -0.703. The SMILES string of the molecule is Cc1cn(-c2ccc(C(C=NC3CCc4cc(F)ccc4NC3=O)=NN)cc2F)cn1. The van der Waals surface area contributed by atoms with E-state index >= 15 is 0 Å². The van der Waals surface area contributed by atoms with Gasteiger partial charge in [0.1, 0.15) is 23.4 Å². The van der Waals surface area contributed by atoms with Gasteiger partial charge in [-0.25, -0.2) is 13.8 Å². The molecule has 158 valence electrons. The van der Waals surface area contributed by atoms with Gasteiger partial charge in [0.15, 0.2) is 0 Å². The molecule has 1 aliphatic heterocycles. The Bertz CT molecular complexity index is 1200. The molecule has 2 aromatic carbocycles. The lowest BCUT2D eigenvalue weighted by molar-refractivity contribution is -0.117. The summed E-state index contributed by atoms with van der Waals surface area (Å²) in [5.74, 6) is 4.35. The topological polar surface area (TPSA) is 97.7 Å². The number of benzene rings is 2. The molecule has 0 saturated carbocycles. The maximum atomic E-state index is 14.7. The van der Waals surface area contributed by atoms with Gasteiger partial charge in [0.2, 0.25) is 5.91 Å². The van der Waals surface area contributed by atoms with Crippen LogP contribution in [0.5, 0.6) is 0 Å². The van der Waals surface area contributed by atoms with Crippen molar-refractivity contribution >= 4 is 23.5 Å². The van der Waals surface area contributed by atoms with Gasteiger partial charge in [-0.15, -0.1) is 0 Å². The molecule has 0 spiro atoms. The highest BCUT2D eigenvalue weighted by Crippen LogP contribution is 2.24. The molecule has 0 radical (unpaired) electrons. The molecule has 1 amide bonds. The van der Waals surface area contributed by atoms with Gasteiger partial charge >= 0.3 is 0 Å². The van der Waals surface area contributed by atoms with Crippen molar-refractivity contribution in [2.45, 2.75) is 25.8 Å². The van der Waals surface area contributed by atoms with Crippen LogP contribution in [0, 0.1) is 18.6 Å². The normalized spacial score (nSPS) is 16.8. The summed E-state index contributed by atoms with van der Waals surface area (Å²) in [6.45, 7) is 1.82. The number of halogens is 2. The lowest BCUT2D eigenvalue weighted by atomic mass is 10.1. The van der Waals surface area contributed by atoms with Crippen molar-refractivity contribution in [1.29, 1.82) is 0 Å². The number of aromatic nitrogens is 2. The van der Waals surface area contributed by atoms with Gasteiger partial charge < -0.3 is 15.7 Å². The second-order valence-electron chi connectivity index (χ2n) is 7.23. The van der Waals surface area contributed by atoms with Gasteiger partial charge in [-0.05, 0) is 55.7 Å². The Kier molecular flexibility index (Phi) is 5.57. The van der Waals surface area contributed by atoms with E-state index in [1.54, 1.807) is 22.9 Å². The van der Waals surface area contributed by atoms with Crippen molar-refractivity contribution in [3.05, 3.63) is 77.4 Å². The summed E-state index contributed by atoms with van der Waals surface area (Å²) in [7, 11) is 0. The minimum absolute atomic E-state index is 0.230. The predicted octanol–water partition coefficient (Wildman–Crippen LogP) is 3.15. The summed E-state index contributed by atoms with van der Waals surface area (Å²) in [6, 6.07) is 8.09. The van der Waals surface area contributed by atoms with E-state index in [2.05, 4.69) is 20.4 Å². The van der Waals surface area contributed by atoms with Crippen LogP contribution in [0.25, 0.3) is 5.69 Å². The monoisotopic (exact) mass is 422 g/mol. The van der Waals surface area contributed by atoms with Crippen LogP contribution in [0.15, 0.2) is 59.0 Å². The number of hydrogen-bond donors (Lipinski definition) is 2. The zero-order valence-corrected chi connectivity index (χ0v) is 16.7. The standard InChI is InChI=1S/C22H20F2N6O/c1-13-11-30(12-27-13)21-7-3-15(9-17(21)24)20(29-25)10-26-19-5-2-14-8-16(23)4-6-18(14)28-22(19)31/h3-4,6-12,19H,2,5,25H2,1H3,(H,28,31). The van der Waals surface area contributed by atoms with Crippen LogP contribution in [0.3, 0.4) is 0 Å². The lowest BCUT2D eigenvalue weighted by Gasteiger charge is -2.09. The molecule has 0 bridgehead atoms. The first-order chi connectivity index (χ1) is 14.9. The molecule has 7 nitrogen and oxygen atoms in total. The number of nitrogens with two attached hydrogens (primary N) is 1. The number of amides is 1. The van der Waals surface area contributed by atoms with Crippen molar-refractivity contribution < 1.29 is 13.6 Å². The third-order valence-corrected chi connectivity index (χ3v) is 5.06. The molecule has 1 aromatic heterocycles. The summed E-state index contributed by atoms with van der Waals surface area (Å²) in [5.41, 5.74) is 3.05. The molecule has 0 fully saturated rings. The number of nitrogens with one attached hydrogen (secondary N) is 1. The minimum Gasteiger partial charge on any atom is -0.324 e. The van der Waals surface area contributed by atoms with E-state index in [-0.39, 0.29) is 17.4 Å². The highest BCUT2D eigenvalue weighted by molar-refractivity contribution is 6.38. The zero-order valence-electron chi connectivity index (χ0n) is 16.7. The number of hydrazone groups is 1. The van der Waals surface area contributed by atoms with E-state index < -0.39 is 11.9 Å². The molecule has 0 saturated heterocycles. The van der Waals surface area contributed by atoms with E-state index in [1.165, 1.54) is 36.8 Å². The van der Waals surface area contributed by atoms with Crippen molar-refractivity contribution in [3.8, 4) is 5.69 Å². The Morgan fingerprint density at radius 1 is 1.29 bits per heavy atom. The van der Waals surface area contributed by atoms with E-state index in [1.807, 2.05) is 6.92 Å². The molecule has 3 N–H and O–H groups in total. The molecule has 3 aromatic rings. The molecular formula is C22H20F2N6O. The highest BCUT2D eigenvalue weighted by Gasteiger charge is 2.23. The van der Waals surface area contributed by atoms with Crippen LogP contribution >= 0.6 is 0 Å². The zero-order chi connectivity index (χ0) is 22.0. The second-order valence-corrected chi connectivity index (χ2v) is 7.23. The van der Waals surface area contributed by atoms with Gasteiger partial charge in [0.05, 0.1) is 23.9 Å². The largest absolute Gasteiger partial charge is 0.324 e. The van der Waals surface area contributed by atoms with Gasteiger partial charge in [0, 0.05) is 17.4 Å². The smallest absolute Gasteiger partial charge is 0.249 e. The number of nitrogens with zero attached hydrogens (tertiary/aromatic N) is 4. The van der Waals surface area contributed by atoms with Gasteiger partial charge in [-0.1, -0.05) is 6.07 Å². The Balaban J connectivity index is 1.53. The first-order valence-corrected chi connectivity index (χ1v) is 9.66. The Labute approximate surface area is 177 Å². The Morgan fingerprint density at radius 2 is 2.13 bits per heavy atom. The van der Waals surface area contributed by atoms with Crippen molar-refractivity contribution in [1.82, 2.24) is 9.55 Å². The molecular weight excluding hydrogens is 402 g/mol. The maximum Gasteiger partial charge on any atom is 0.249 e. The molecule has 2 heterocycles. The van der Waals surface area contributed by atoms with Crippen LogP contribution in [0.2, 0.25) is 0 Å². The van der Waals surface area contributed by atoms with Crippen LogP contribution in [-0.2, 0) is 11.2 Å². The Hall–Kier alpha value is -3.88. The van der Waals surface area contributed by atoms with Gasteiger partial charge in [0.25, 0.3) is 0 Å². The summed E-state index contributed by atoms with van der Waals surface area (Å²) in [5, 5.41) is 6.45. The van der Waals surface area contributed by atoms with Crippen molar-refractivity contribution in [3.63, 3.8) is 0 Å². The molecule has 1 unspecified atom stereocenters. The predicted molar refractivity (Wildman–Crippen MR) is 115 cm³/mol. The molecule has 9 heteroatoms. The maximum absolute atomic E-state index is 14.7. The summed E-state index contributed by atoms with van der Waals surface area (Å²) < 4.78 is 29.7. The fourth-order valence-corrected chi connectivity index (χ4v) is 3.44. The van der Waals surface area contributed by atoms with Crippen molar-refractivity contribution in [2.24, 2.45) is 15.9 Å². The third kappa shape index (κ3) is 4.35. The highest BCUT2D eigenvalue weighted by atomic mass is 19.1. The first kappa shape index (κ1) is 20.4. The molecule has 1 atom stereocenters. The van der Waals surface area contributed by atoms with Crippen LogP contribution < -0.4 is 11.2 Å². The number of imidazole rings is 1. The number of carbonyl (C=O) groups excluding carboxylic acids is 1. The molecule has 4 rings (SSSR count). The number of aryl methyl sites for hydroxylation is 2. The van der Waals surface area contributed by atoms with E-state index in [0.717, 1.165) is 5.69 Å². The van der Waals surface area contributed by atoms with Gasteiger partial charge in [-0.3, -0.25) is 9.79 Å². The number of rotatable bonds is 4. The average Bonchev–Trinajstić information content (AvgIpc) is 3.11. The summed E-state index contributed by atoms with van der Waals surface area (Å²) >= 11 is 0. The van der Waals surface area contributed by atoms with Crippen LogP contribution in [0.1, 0.15) is 23.2 Å². The average molecular weight is 422 g/mol. The molecule has 0 aliphatic carbocycles. The fraction of sp³-hybridized carbons (Fsp3) is 0.182. The third-order valence-electron chi connectivity index (χ3n) is 5.06. The summed E-state index contributed by atoms with van der Waals surface area (Å²) in [6.07, 6.45) is 5.48. The number of anilines is 1. The lowest BCUT2D eigenvalue weighted by Crippen LogP contribution is -2.25. The van der Waals surface area contributed by atoms with Crippen LogP contribution in [0.4, 0.5) is 14.5 Å². The van der Waals surface area contributed by atoms with E-state index in [4.69, 9.17) is 5.84 Å². The van der Waals surface area contributed by atoms with Crippen LogP contribution in [-0.4, -0.2) is 33.4 Å². The van der Waals surface area contributed by atoms with E-state index in [0.29, 0.717) is 35.3 Å². The first-order valence-electron chi connectivity index (χ1n) is 9.66. The summed E-state index contributed by atoms with van der Waals surface area (Å²) in [4.78, 5) is 20.9. The molecule has 31 heavy (non-hydrogen) atoms. The van der Waals surface area contributed by atoms with Gasteiger partial charge in [-0.2, -0.15) is 5.10 Å².